The molecule has 4 nitrogen and oxygen atoms in total. The average Bonchev–Trinajstić information content (AvgIpc) is 2.46. The lowest BCUT2D eigenvalue weighted by molar-refractivity contribution is 0.0985. The highest BCUT2D eigenvalue weighted by Crippen LogP contribution is 2.37. The van der Waals surface area contributed by atoms with E-state index in [-0.39, 0.29) is 17.2 Å². The minimum Gasteiger partial charge on any atom is -0.507 e. The summed E-state index contributed by atoms with van der Waals surface area (Å²) >= 11 is 7.49. The van der Waals surface area contributed by atoms with Crippen LogP contribution in [0, 0.1) is 0 Å². The van der Waals surface area contributed by atoms with Crippen molar-refractivity contribution >= 4 is 40.6 Å². The number of aromatic hydroxyl groups is 1. The highest BCUT2D eigenvalue weighted by molar-refractivity contribution is 7.99. The monoisotopic (exact) mass is 320 g/mol. The van der Waals surface area contributed by atoms with Crippen LogP contribution in [0.1, 0.15) is 10.4 Å². The van der Waals surface area contributed by atoms with Crippen LogP contribution < -0.4 is 10.6 Å². The molecule has 0 spiro atoms. The molecule has 3 rings (SSSR count). The molecule has 2 aromatic rings. The highest BCUT2D eigenvalue weighted by Gasteiger charge is 2.26. The molecule has 0 radical (unpaired) electrons. The Balaban J connectivity index is 2.02. The number of benzene rings is 2. The van der Waals surface area contributed by atoms with Gasteiger partial charge in [-0.2, -0.15) is 0 Å². The molecule has 0 fully saturated rings. The molecule has 1 aliphatic heterocycles. The molecule has 1 amide bonds. The van der Waals surface area contributed by atoms with Crippen molar-refractivity contribution in [3.8, 4) is 5.75 Å². The van der Waals surface area contributed by atoms with Crippen LogP contribution in [0.25, 0.3) is 0 Å². The Morgan fingerprint density at radius 2 is 2.10 bits per heavy atom. The van der Waals surface area contributed by atoms with E-state index in [9.17, 15) is 9.90 Å². The molecule has 1 aliphatic rings. The van der Waals surface area contributed by atoms with Crippen LogP contribution in [0.5, 0.6) is 5.75 Å². The smallest absolute Gasteiger partial charge is 0.262 e. The average molecular weight is 321 g/mol. The van der Waals surface area contributed by atoms with Crippen molar-refractivity contribution in [1.29, 1.82) is 0 Å². The van der Waals surface area contributed by atoms with E-state index in [0.29, 0.717) is 17.3 Å². The van der Waals surface area contributed by atoms with Gasteiger partial charge in [0.1, 0.15) is 5.75 Å². The topological polar surface area (TPSA) is 66.6 Å². The quantitative estimate of drug-likeness (QED) is 0.790. The number of carbonyl (C=O) groups excluding carboxylic acids is 1. The lowest BCUT2D eigenvalue weighted by Crippen LogP contribution is -2.35. The van der Waals surface area contributed by atoms with Crippen molar-refractivity contribution in [1.82, 2.24) is 0 Å². The van der Waals surface area contributed by atoms with Gasteiger partial charge in [0.15, 0.2) is 0 Å². The van der Waals surface area contributed by atoms with Crippen molar-refractivity contribution in [2.24, 2.45) is 0 Å². The molecule has 108 valence electrons. The highest BCUT2D eigenvalue weighted by atomic mass is 35.5. The minimum atomic E-state index is -0.253. The number of fused-ring (bicyclic) bond motifs is 1. The van der Waals surface area contributed by atoms with E-state index in [4.69, 9.17) is 17.3 Å². The predicted molar refractivity (Wildman–Crippen MR) is 86.4 cm³/mol. The standard InChI is InChI=1S/C15H13ClN2O2S/c16-9-1-3-11(13(19)7-9)15(20)18-5-6-21-14-4-2-10(17)8-12(14)18/h1-4,7-8,19H,5-6,17H2. The van der Waals surface area contributed by atoms with Gasteiger partial charge in [-0.05, 0) is 36.4 Å². The summed E-state index contributed by atoms with van der Waals surface area (Å²) in [4.78, 5) is 15.3. The van der Waals surface area contributed by atoms with Crippen molar-refractivity contribution < 1.29 is 9.90 Å². The number of nitrogen functional groups attached to an aromatic ring is 1. The third-order valence-corrected chi connectivity index (χ3v) is 4.56. The summed E-state index contributed by atoms with van der Waals surface area (Å²) in [5.41, 5.74) is 7.44. The van der Waals surface area contributed by atoms with Crippen LogP contribution in [0.4, 0.5) is 11.4 Å². The number of hydrogen-bond donors (Lipinski definition) is 2. The van der Waals surface area contributed by atoms with Gasteiger partial charge in [0.05, 0.1) is 11.3 Å². The van der Waals surface area contributed by atoms with Gasteiger partial charge in [-0.15, -0.1) is 11.8 Å². The van der Waals surface area contributed by atoms with E-state index in [1.165, 1.54) is 12.1 Å². The molecule has 21 heavy (non-hydrogen) atoms. The van der Waals surface area contributed by atoms with Crippen LogP contribution >= 0.6 is 23.4 Å². The van der Waals surface area contributed by atoms with Crippen LogP contribution in [-0.2, 0) is 0 Å². The molecule has 1 heterocycles. The second-order valence-corrected chi connectivity index (χ2v) is 6.27. The number of phenolic OH excluding ortho intramolecular Hbond substituents is 1. The molecular weight excluding hydrogens is 308 g/mol. The number of amides is 1. The van der Waals surface area contributed by atoms with E-state index < -0.39 is 0 Å². The minimum absolute atomic E-state index is 0.115. The van der Waals surface area contributed by atoms with Gasteiger partial charge in [-0.1, -0.05) is 11.6 Å². The number of carbonyl (C=O) groups is 1. The summed E-state index contributed by atoms with van der Waals surface area (Å²) < 4.78 is 0. The second-order valence-electron chi connectivity index (χ2n) is 4.69. The summed E-state index contributed by atoms with van der Waals surface area (Å²) in [6.07, 6.45) is 0. The van der Waals surface area contributed by atoms with Crippen LogP contribution in [0.2, 0.25) is 5.02 Å². The van der Waals surface area contributed by atoms with Crippen molar-refractivity contribution in [2.75, 3.05) is 22.9 Å². The first-order chi connectivity index (χ1) is 10.1. The molecule has 0 aromatic heterocycles. The molecule has 0 saturated carbocycles. The first-order valence-corrected chi connectivity index (χ1v) is 7.75. The first-order valence-electron chi connectivity index (χ1n) is 6.39. The summed E-state index contributed by atoms with van der Waals surface area (Å²) in [5.74, 6) is 0.435. The van der Waals surface area contributed by atoms with E-state index in [2.05, 4.69) is 0 Å². The molecule has 0 atom stereocenters. The maximum absolute atomic E-state index is 12.7. The Morgan fingerprint density at radius 3 is 2.86 bits per heavy atom. The summed E-state index contributed by atoms with van der Waals surface area (Å²) in [6, 6.07) is 10.0. The fourth-order valence-corrected chi connectivity index (χ4v) is 3.42. The van der Waals surface area contributed by atoms with Gasteiger partial charge in [-0.25, -0.2) is 0 Å². The predicted octanol–water partition coefficient (Wildman–Crippen LogP) is 3.38. The van der Waals surface area contributed by atoms with Crippen LogP contribution in [-0.4, -0.2) is 23.3 Å². The Bertz CT molecular complexity index is 721. The third-order valence-electron chi connectivity index (χ3n) is 3.28. The van der Waals surface area contributed by atoms with Crippen LogP contribution in [0.3, 0.4) is 0 Å². The number of halogens is 1. The van der Waals surface area contributed by atoms with Gasteiger partial charge in [0, 0.05) is 27.9 Å². The van der Waals surface area contributed by atoms with Gasteiger partial charge in [-0.3, -0.25) is 4.79 Å². The molecule has 0 unspecified atom stereocenters. The normalized spacial score (nSPS) is 13.9. The molecule has 0 saturated heterocycles. The zero-order chi connectivity index (χ0) is 15.0. The van der Waals surface area contributed by atoms with Crippen molar-refractivity contribution in [2.45, 2.75) is 4.90 Å². The van der Waals surface area contributed by atoms with Gasteiger partial charge in [0.2, 0.25) is 0 Å². The molecule has 2 aromatic carbocycles. The molecule has 0 bridgehead atoms. The maximum Gasteiger partial charge on any atom is 0.262 e. The van der Waals surface area contributed by atoms with E-state index in [1.54, 1.807) is 28.8 Å². The number of phenols is 1. The number of thioether (sulfide) groups is 1. The lowest BCUT2D eigenvalue weighted by Gasteiger charge is -2.29. The summed E-state index contributed by atoms with van der Waals surface area (Å²) in [6.45, 7) is 0.571. The Labute approximate surface area is 131 Å². The number of rotatable bonds is 1. The maximum atomic E-state index is 12.7. The molecule has 0 aliphatic carbocycles. The van der Waals surface area contributed by atoms with Gasteiger partial charge >= 0.3 is 0 Å². The number of nitrogens with two attached hydrogens (primary N) is 1. The SMILES string of the molecule is Nc1ccc2c(c1)N(C(=O)c1ccc(Cl)cc1O)CCS2. The molecular formula is C15H13ClN2O2S. The van der Waals surface area contributed by atoms with E-state index >= 15 is 0 Å². The van der Waals surface area contributed by atoms with Gasteiger partial charge < -0.3 is 15.7 Å². The van der Waals surface area contributed by atoms with Gasteiger partial charge in [0.25, 0.3) is 5.91 Å². The zero-order valence-electron chi connectivity index (χ0n) is 11.0. The van der Waals surface area contributed by atoms with E-state index in [1.807, 2.05) is 12.1 Å². The molecule has 3 N–H and O–H groups in total. The number of hydrogen-bond acceptors (Lipinski definition) is 4. The lowest BCUT2D eigenvalue weighted by atomic mass is 10.1. The second kappa shape index (κ2) is 5.50. The third kappa shape index (κ3) is 2.66. The largest absolute Gasteiger partial charge is 0.507 e. The Kier molecular flexibility index (Phi) is 3.69. The zero-order valence-corrected chi connectivity index (χ0v) is 12.6. The summed E-state index contributed by atoms with van der Waals surface area (Å²) in [5, 5.41) is 10.3. The number of nitrogens with zero attached hydrogens (tertiary/aromatic N) is 1. The van der Waals surface area contributed by atoms with Crippen LogP contribution in [0.15, 0.2) is 41.3 Å². The summed E-state index contributed by atoms with van der Waals surface area (Å²) in [7, 11) is 0. The first kappa shape index (κ1) is 14.1. The fourth-order valence-electron chi connectivity index (χ4n) is 2.28. The number of anilines is 2. The molecule has 6 heteroatoms. The Hall–Kier alpha value is -1.85. The Morgan fingerprint density at radius 1 is 1.29 bits per heavy atom. The fraction of sp³-hybridized carbons (Fsp3) is 0.133. The van der Waals surface area contributed by atoms with Crippen molar-refractivity contribution in [3.05, 3.63) is 47.0 Å². The van der Waals surface area contributed by atoms with E-state index in [0.717, 1.165) is 16.3 Å². The van der Waals surface area contributed by atoms with Crippen molar-refractivity contribution in [3.63, 3.8) is 0 Å².